The summed E-state index contributed by atoms with van der Waals surface area (Å²) in [5.74, 6) is 0. The molecule has 1 heterocycles. The van der Waals surface area contributed by atoms with Gasteiger partial charge in [0.05, 0.1) is 4.90 Å². The predicted octanol–water partition coefficient (Wildman–Crippen LogP) is 0.202. The van der Waals surface area contributed by atoms with Crippen LogP contribution in [0.2, 0.25) is 0 Å². The van der Waals surface area contributed by atoms with Crippen LogP contribution in [0.15, 0.2) is 34.1 Å². The molecule has 0 saturated carbocycles. The van der Waals surface area contributed by atoms with Gasteiger partial charge in [0.1, 0.15) is 4.90 Å². The summed E-state index contributed by atoms with van der Waals surface area (Å²) in [6, 6.07) is 5.43. The SMILES string of the molecule is CS(=O)(=O)c1ccccc1S(=O)(=O)N1CCCC1CN. The highest BCUT2D eigenvalue weighted by Crippen LogP contribution is 2.29. The van der Waals surface area contributed by atoms with Crippen molar-refractivity contribution in [3.05, 3.63) is 24.3 Å². The van der Waals surface area contributed by atoms with Crippen molar-refractivity contribution < 1.29 is 16.8 Å². The maximum Gasteiger partial charge on any atom is 0.244 e. The molecule has 1 aromatic carbocycles. The molecular formula is C12H18N2O4S2. The molecule has 8 heteroatoms. The third-order valence-electron chi connectivity index (χ3n) is 3.43. The Balaban J connectivity index is 2.56. The smallest absolute Gasteiger partial charge is 0.244 e. The maximum atomic E-state index is 12.7. The number of hydrogen-bond acceptors (Lipinski definition) is 5. The van der Waals surface area contributed by atoms with Crippen LogP contribution in [0.5, 0.6) is 0 Å². The lowest BCUT2D eigenvalue weighted by molar-refractivity contribution is 0.392. The van der Waals surface area contributed by atoms with Crippen LogP contribution < -0.4 is 5.73 Å². The second-order valence-corrected chi connectivity index (χ2v) is 8.71. The molecule has 6 nitrogen and oxygen atoms in total. The van der Waals surface area contributed by atoms with E-state index in [0.717, 1.165) is 12.7 Å². The van der Waals surface area contributed by atoms with Crippen molar-refractivity contribution in [1.82, 2.24) is 4.31 Å². The van der Waals surface area contributed by atoms with E-state index in [2.05, 4.69) is 0 Å². The lowest BCUT2D eigenvalue weighted by Crippen LogP contribution is -2.40. The number of nitrogens with zero attached hydrogens (tertiary/aromatic N) is 1. The van der Waals surface area contributed by atoms with Gasteiger partial charge >= 0.3 is 0 Å². The van der Waals surface area contributed by atoms with Crippen molar-refractivity contribution in [1.29, 1.82) is 0 Å². The highest BCUT2D eigenvalue weighted by atomic mass is 32.2. The Morgan fingerprint density at radius 2 is 1.80 bits per heavy atom. The normalized spacial score (nSPS) is 21.2. The fourth-order valence-corrected chi connectivity index (χ4v) is 5.77. The van der Waals surface area contributed by atoms with Crippen molar-refractivity contribution in [2.75, 3.05) is 19.3 Å². The van der Waals surface area contributed by atoms with Crippen molar-refractivity contribution in [2.45, 2.75) is 28.7 Å². The second-order valence-electron chi connectivity index (χ2n) is 4.87. The van der Waals surface area contributed by atoms with Crippen molar-refractivity contribution in [3.63, 3.8) is 0 Å². The number of nitrogens with two attached hydrogens (primary N) is 1. The van der Waals surface area contributed by atoms with Gasteiger partial charge in [0.15, 0.2) is 9.84 Å². The first-order valence-corrected chi connectivity index (χ1v) is 9.62. The van der Waals surface area contributed by atoms with E-state index in [0.29, 0.717) is 13.0 Å². The molecule has 1 aliphatic heterocycles. The van der Waals surface area contributed by atoms with E-state index in [1.54, 1.807) is 0 Å². The lowest BCUT2D eigenvalue weighted by Gasteiger charge is -2.23. The van der Waals surface area contributed by atoms with Gasteiger partial charge in [0, 0.05) is 25.4 Å². The molecule has 2 rings (SSSR count). The molecule has 1 fully saturated rings. The summed E-state index contributed by atoms with van der Waals surface area (Å²) in [6.45, 7) is 0.614. The fourth-order valence-electron chi connectivity index (χ4n) is 2.46. The fraction of sp³-hybridized carbons (Fsp3) is 0.500. The van der Waals surface area contributed by atoms with Crippen LogP contribution in [0.3, 0.4) is 0 Å². The molecule has 0 spiro atoms. The highest BCUT2D eigenvalue weighted by molar-refractivity contribution is 7.93. The molecule has 1 atom stereocenters. The number of rotatable bonds is 4. The molecule has 1 aliphatic rings. The molecule has 0 radical (unpaired) electrons. The van der Waals surface area contributed by atoms with Gasteiger partial charge < -0.3 is 5.73 Å². The van der Waals surface area contributed by atoms with Gasteiger partial charge in [0.25, 0.3) is 0 Å². The van der Waals surface area contributed by atoms with Crippen LogP contribution in [0.1, 0.15) is 12.8 Å². The van der Waals surface area contributed by atoms with E-state index in [4.69, 9.17) is 5.73 Å². The molecule has 0 amide bonds. The Labute approximate surface area is 119 Å². The Hall–Kier alpha value is -0.960. The zero-order valence-corrected chi connectivity index (χ0v) is 12.8. The monoisotopic (exact) mass is 318 g/mol. The molecular weight excluding hydrogens is 300 g/mol. The summed E-state index contributed by atoms with van der Waals surface area (Å²) in [5.41, 5.74) is 5.60. The topological polar surface area (TPSA) is 97.5 Å². The minimum absolute atomic E-state index is 0.164. The van der Waals surface area contributed by atoms with E-state index >= 15 is 0 Å². The zero-order valence-electron chi connectivity index (χ0n) is 11.2. The number of benzene rings is 1. The third kappa shape index (κ3) is 2.73. The average Bonchev–Trinajstić information content (AvgIpc) is 2.86. The molecule has 0 aromatic heterocycles. The van der Waals surface area contributed by atoms with Gasteiger partial charge in [-0.25, -0.2) is 16.8 Å². The molecule has 1 aromatic rings. The summed E-state index contributed by atoms with van der Waals surface area (Å²) in [6.07, 6.45) is 2.45. The summed E-state index contributed by atoms with van der Waals surface area (Å²) in [4.78, 5) is -0.328. The Morgan fingerprint density at radius 1 is 1.20 bits per heavy atom. The summed E-state index contributed by atoms with van der Waals surface area (Å²) >= 11 is 0. The average molecular weight is 318 g/mol. The van der Waals surface area contributed by atoms with Gasteiger partial charge in [-0.15, -0.1) is 0 Å². The minimum atomic E-state index is -3.84. The zero-order chi connectivity index (χ0) is 15.0. The second kappa shape index (κ2) is 5.44. The van der Waals surface area contributed by atoms with Gasteiger partial charge in [-0.3, -0.25) is 0 Å². The summed E-state index contributed by atoms with van der Waals surface area (Å²) < 4.78 is 50.2. The van der Waals surface area contributed by atoms with Crippen LogP contribution in [0, 0.1) is 0 Å². The van der Waals surface area contributed by atoms with Crippen molar-refractivity contribution in [3.8, 4) is 0 Å². The standard InChI is InChI=1S/C12H18N2O4S2/c1-19(15,16)11-6-2-3-7-12(11)20(17,18)14-8-4-5-10(14)9-13/h2-3,6-7,10H,4-5,8-9,13H2,1H3. The molecule has 20 heavy (non-hydrogen) atoms. The Morgan fingerprint density at radius 3 is 2.35 bits per heavy atom. The molecule has 0 aliphatic carbocycles. The predicted molar refractivity (Wildman–Crippen MR) is 75.5 cm³/mol. The van der Waals surface area contributed by atoms with E-state index < -0.39 is 19.9 Å². The maximum absolute atomic E-state index is 12.7. The molecule has 2 N–H and O–H groups in total. The first kappa shape index (κ1) is 15.4. The van der Waals surface area contributed by atoms with Gasteiger partial charge in [-0.05, 0) is 25.0 Å². The van der Waals surface area contributed by atoms with Crippen molar-refractivity contribution >= 4 is 19.9 Å². The van der Waals surface area contributed by atoms with E-state index in [9.17, 15) is 16.8 Å². The molecule has 1 saturated heterocycles. The van der Waals surface area contributed by atoms with Crippen LogP contribution >= 0.6 is 0 Å². The first-order valence-electron chi connectivity index (χ1n) is 6.29. The molecule has 1 unspecified atom stereocenters. The minimum Gasteiger partial charge on any atom is -0.329 e. The van der Waals surface area contributed by atoms with E-state index in [1.165, 1.54) is 28.6 Å². The lowest BCUT2D eigenvalue weighted by atomic mass is 10.2. The first-order chi connectivity index (χ1) is 9.28. The highest BCUT2D eigenvalue weighted by Gasteiger charge is 2.36. The largest absolute Gasteiger partial charge is 0.329 e. The molecule has 112 valence electrons. The Bertz CT molecular complexity index is 698. The Kier molecular flexibility index (Phi) is 4.19. The van der Waals surface area contributed by atoms with Crippen LogP contribution in [-0.4, -0.2) is 46.5 Å². The quantitative estimate of drug-likeness (QED) is 0.855. The number of sulfone groups is 1. The van der Waals surface area contributed by atoms with Gasteiger partial charge in [-0.2, -0.15) is 4.31 Å². The van der Waals surface area contributed by atoms with Crippen molar-refractivity contribution in [2.24, 2.45) is 5.73 Å². The van der Waals surface area contributed by atoms with Crippen LogP contribution in [0.25, 0.3) is 0 Å². The number of hydrogen-bond donors (Lipinski definition) is 1. The molecule has 0 bridgehead atoms. The summed E-state index contributed by atoms with van der Waals surface area (Å²) in [5, 5.41) is 0. The van der Waals surface area contributed by atoms with E-state index in [1.807, 2.05) is 0 Å². The summed E-state index contributed by atoms with van der Waals surface area (Å²) in [7, 11) is -7.45. The van der Waals surface area contributed by atoms with E-state index in [-0.39, 0.29) is 22.4 Å². The van der Waals surface area contributed by atoms with Gasteiger partial charge in [-0.1, -0.05) is 12.1 Å². The third-order valence-corrected chi connectivity index (χ3v) is 6.72. The van der Waals surface area contributed by atoms with Gasteiger partial charge in [0.2, 0.25) is 10.0 Å². The van der Waals surface area contributed by atoms with Crippen LogP contribution in [-0.2, 0) is 19.9 Å². The van der Waals surface area contributed by atoms with Crippen LogP contribution in [0.4, 0.5) is 0 Å². The number of sulfonamides is 1.